The molecule has 0 unspecified atom stereocenters. The second-order valence-corrected chi connectivity index (χ2v) is 5.18. The molecule has 0 radical (unpaired) electrons. The minimum atomic E-state index is 0.525. The van der Waals surface area contributed by atoms with E-state index < -0.39 is 0 Å². The van der Waals surface area contributed by atoms with Crippen molar-refractivity contribution in [3.63, 3.8) is 0 Å². The molecule has 1 aromatic carbocycles. The Labute approximate surface area is 119 Å². The molecule has 0 aliphatic rings. The van der Waals surface area contributed by atoms with Crippen LogP contribution in [0.3, 0.4) is 0 Å². The highest BCUT2D eigenvalue weighted by atomic mass is 32.1. The maximum atomic E-state index is 5.76. The molecule has 0 aliphatic heterocycles. The lowest BCUT2D eigenvalue weighted by Gasteiger charge is -2.06. The van der Waals surface area contributed by atoms with E-state index in [1.54, 1.807) is 26.6 Å². The van der Waals surface area contributed by atoms with Crippen molar-refractivity contribution < 1.29 is 4.74 Å². The standard InChI is InChI=1S/C13H13N5OS/c1-15-13-16-5-8(6-17-13)7-3-9(19-2)11-10(4-7)20-12(14)18-11/h3-6H,1-2H3,(H2,14,18)(H,15,16,17). The van der Waals surface area contributed by atoms with Gasteiger partial charge in [-0.2, -0.15) is 0 Å². The van der Waals surface area contributed by atoms with Crippen LogP contribution in [0.1, 0.15) is 0 Å². The number of rotatable bonds is 3. The van der Waals surface area contributed by atoms with Gasteiger partial charge in [0.2, 0.25) is 5.95 Å². The van der Waals surface area contributed by atoms with Gasteiger partial charge in [0.1, 0.15) is 11.3 Å². The number of hydrogen-bond donors (Lipinski definition) is 2. The lowest BCUT2D eigenvalue weighted by molar-refractivity contribution is 0.419. The van der Waals surface area contributed by atoms with Crippen LogP contribution in [-0.2, 0) is 0 Å². The summed E-state index contributed by atoms with van der Waals surface area (Å²) in [5.74, 6) is 1.28. The zero-order chi connectivity index (χ0) is 14.1. The minimum Gasteiger partial charge on any atom is -0.494 e. The first-order chi connectivity index (χ1) is 9.71. The van der Waals surface area contributed by atoms with Gasteiger partial charge in [-0.05, 0) is 17.7 Å². The molecular weight excluding hydrogens is 274 g/mol. The predicted octanol–water partition coefficient (Wildman–Crippen LogP) is 2.39. The summed E-state index contributed by atoms with van der Waals surface area (Å²) in [5.41, 5.74) is 8.43. The van der Waals surface area contributed by atoms with Crippen LogP contribution in [0.4, 0.5) is 11.1 Å². The normalized spacial score (nSPS) is 10.7. The number of nitrogens with zero attached hydrogens (tertiary/aromatic N) is 3. The highest BCUT2D eigenvalue weighted by Crippen LogP contribution is 2.35. The predicted molar refractivity (Wildman–Crippen MR) is 81.2 cm³/mol. The topological polar surface area (TPSA) is 86.0 Å². The number of nitrogen functional groups attached to an aromatic ring is 1. The van der Waals surface area contributed by atoms with Crippen molar-refractivity contribution in [2.75, 3.05) is 25.2 Å². The third-order valence-electron chi connectivity index (χ3n) is 2.91. The van der Waals surface area contributed by atoms with Gasteiger partial charge in [0, 0.05) is 25.0 Å². The summed E-state index contributed by atoms with van der Waals surface area (Å²) in [6, 6.07) is 3.93. The van der Waals surface area contributed by atoms with E-state index in [-0.39, 0.29) is 0 Å². The average Bonchev–Trinajstić information content (AvgIpc) is 2.86. The molecular formula is C13H13N5OS. The van der Waals surface area contributed by atoms with Crippen LogP contribution in [0, 0.1) is 0 Å². The van der Waals surface area contributed by atoms with Gasteiger partial charge in [-0.3, -0.25) is 0 Å². The maximum absolute atomic E-state index is 5.76. The average molecular weight is 287 g/mol. The zero-order valence-corrected chi connectivity index (χ0v) is 11.9. The molecule has 0 amide bonds. The van der Waals surface area contributed by atoms with Crippen molar-refractivity contribution in [2.45, 2.75) is 0 Å². The van der Waals surface area contributed by atoms with Crippen molar-refractivity contribution in [1.82, 2.24) is 15.0 Å². The molecule has 0 spiro atoms. The van der Waals surface area contributed by atoms with Gasteiger partial charge in [-0.15, -0.1) is 0 Å². The van der Waals surface area contributed by atoms with Crippen LogP contribution >= 0.6 is 11.3 Å². The minimum absolute atomic E-state index is 0.525. The summed E-state index contributed by atoms with van der Waals surface area (Å²) in [7, 11) is 3.40. The second kappa shape index (κ2) is 4.93. The second-order valence-electron chi connectivity index (χ2n) is 4.12. The van der Waals surface area contributed by atoms with E-state index in [2.05, 4.69) is 20.3 Å². The van der Waals surface area contributed by atoms with Gasteiger partial charge < -0.3 is 15.8 Å². The maximum Gasteiger partial charge on any atom is 0.222 e. The number of methoxy groups -OCH3 is 1. The van der Waals surface area contributed by atoms with Crippen LogP contribution in [0.2, 0.25) is 0 Å². The third kappa shape index (κ3) is 2.12. The van der Waals surface area contributed by atoms with Gasteiger partial charge in [-0.25, -0.2) is 15.0 Å². The molecule has 6 nitrogen and oxygen atoms in total. The number of ether oxygens (including phenoxy) is 1. The summed E-state index contributed by atoms with van der Waals surface area (Å²) >= 11 is 1.43. The molecule has 20 heavy (non-hydrogen) atoms. The summed E-state index contributed by atoms with van der Waals surface area (Å²) in [4.78, 5) is 12.7. The molecule has 0 aliphatic carbocycles. The lowest BCUT2D eigenvalue weighted by atomic mass is 10.1. The Kier molecular flexibility index (Phi) is 3.11. The first-order valence-electron chi connectivity index (χ1n) is 5.95. The van der Waals surface area contributed by atoms with E-state index in [9.17, 15) is 0 Å². The number of thiazole rings is 1. The number of aromatic nitrogens is 3. The van der Waals surface area contributed by atoms with E-state index >= 15 is 0 Å². The summed E-state index contributed by atoms with van der Waals surface area (Å²) in [6.07, 6.45) is 3.54. The van der Waals surface area contributed by atoms with Crippen LogP contribution in [-0.4, -0.2) is 29.1 Å². The van der Waals surface area contributed by atoms with Gasteiger partial charge in [0.15, 0.2) is 5.13 Å². The van der Waals surface area contributed by atoms with Crippen LogP contribution < -0.4 is 15.8 Å². The fourth-order valence-electron chi connectivity index (χ4n) is 1.94. The Bertz CT molecular complexity index is 753. The molecule has 0 saturated heterocycles. The molecule has 0 saturated carbocycles. The van der Waals surface area contributed by atoms with Gasteiger partial charge in [0.25, 0.3) is 0 Å². The Morgan fingerprint density at radius 1 is 1.20 bits per heavy atom. The smallest absolute Gasteiger partial charge is 0.222 e. The molecule has 3 aromatic rings. The van der Waals surface area contributed by atoms with Crippen molar-refractivity contribution in [1.29, 1.82) is 0 Å². The SMILES string of the molecule is CNc1ncc(-c2cc(OC)c3nc(N)sc3c2)cn1. The number of fused-ring (bicyclic) bond motifs is 1. The van der Waals surface area contributed by atoms with Crippen molar-refractivity contribution in [2.24, 2.45) is 0 Å². The van der Waals surface area contributed by atoms with Crippen molar-refractivity contribution in [3.05, 3.63) is 24.5 Å². The number of nitrogens with one attached hydrogen (secondary N) is 1. The van der Waals surface area contributed by atoms with Crippen LogP contribution in [0.5, 0.6) is 5.75 Å². The molecule has 0 atom stereocenters. The molecule has 0 fully saturated rings. The fraction of sp³-hybridized carbons (Fsp3) is 0.154. The summed E-state index contributed by atoms with van der Waals surface area (Å²) in [5, 5.41) is 3.41. The Morgan fingerprint density at radius 2 is 1.95 bits per heavy atom. The summed E-state index contributed by atoms with van der Waals surface area (Å²) < 4.78 is 6.36. The van der Waals surface area contributed by atoms with E-state index in [1.807, 2.05) is 12.1 Å². The first-order valence-corrected chi connectivity index (χ1v) is 6.77. The van der Waals surface area contributed by atoms with Crippen molar-refractivity contribution in [3.8, 4) is 16.9 Å². The fourth-order valence-corrected chi connectivity index (χ4v) is 2.74. The van der Waals surface area contributed by atoms with E-state index in [4.69, 9.17) is 10.5 Å². The lowest BCUT2D eigenvalue weighted by Crippen LogP contribution is -1.95. The van der Waals surface area contributed by atoms with E-state index in [0.29, 0.717) is 16.8 Å². The molecule has 3 N–H and O–H groups in total. The number of benzene rings is 1. The molecule has 102 valence electrons. The quantitative estimate of drug-likeness (QED) is 0.769. The largest absolute Gasteiger partial charge is 0.494 e. The van der Waals surface area contributed by atoms with Gasteiger partial charge >= 0.3 is 0 Å². The Hall–Kier alpha value is -2.41. The Morgan fingerprint density at radius 3 is 2.60 bits per heavy atom. The highest BCUT2D eigenvalue weighted by Gasteiger charge is 2.11. The number of anilines is 2. The number of nitrogens with two attached hydrogens (primary N) is 1. The van der Waals surface area contributed by atoms with E-state index in [0.717, 1.165) is 21.3 Å². The zero-order valence-electron chi connectivity index (χ0n) is 11.0. The molecule has 2 heterocycles. The van der Waals surface area contributed by atoms with Crippen molar-refractivity contribution >= 4 is 32.6 Å². The highest BCUT2D eigenvalue weighted by molar-refractivity contribution is 7.22. The van der Waals surface area contributed by atoms with Gasteiger partial charge in [-0.1, -0.05) is 11.3 Å². The monoisotopic (exact) mass is 287 g/mol. The van der Waals surface area contributed by atoms with Crippen LogP contribution in [0.15, 0.2) is 24.5 Å². The Balaban J connectivity index is 2.14. The third-order valence-corrected chi connectivity index (χ3v) is 3.74. The number of hydrogen-bond acceptors (Lipinski definition) is 7. The molecule has 3 rings (SSSR count). The van der Waals surface area contributed by atoms with Crippen LogP contribution in [0.25, 0.3) is 21.3 Å². The molecule has 7 heteroatoms. The molecule has 0 bridgehead atoms. The first kappa shape index (κ1) is 12.6. The summed E-state index contributed by atoms with van der Waals surface area (Å²) in [6.45, 7) is 0. The van der Waals surface area contributed by atoms with Gasteiger partial charge in [0.05, 0.1) is 11.8 Å². The molecule has 2 aromatic heterocycles. The van der Waals surface area contributed by atoms with E-state index in [1.165, 1.54) is 11.3 Å².